The van der Waals surface area contributed by atoms with Crippen molar-refractivity contribution in [2.75, 3.05) is 7.11 Å². The Hall–Kier alpha value is -2.91. The number of hydrogen-bond donors (Lipinski definition) is 1. The molecule has 0 saturated heterocycles. The Kier molecular flexibility index (Phi) is 6.73. The number of rotatable bonds is 9. The Morgan fingerprint density at radius 1 is 1.17 bits per heavy atom. The molecule has 1 atom stereocenters. The van der Waals surface area contributed by atoms with Crippen molar-refractivity contribution in [3.05, 3.63) is 57.0 Å². The van der Waals surface area contributed by atoms with Gasteiger partial charge in [-0.2, -0.15) is 5.06 Å². The standard InChI is InChI=1S/C21H29N5O4/c1-15(26(29)13-16-8-10-17(30-4)11-9-16)7-5-6-12-25-20(27)18-19(22-14-23(18)2)24(3)21(25)28/h8-11,14-15,29H,5-7,12-13H2,1-4H3. The van der Waals surface area contributed by atoms with Gasteiger partial charge in [0.1, 0.15) is 5.75 Å². The lowest BCUT2D eigenvalue weighted by molar-refractivity contribution is -0.132. The van der Waals surface area contributed by atoms with E-state index in [1.807, 2.05) is 31.2 Å². The largest absolute Gasteiger partial charge is 0.497 e. The van der Waals surface area contributed by atoms with E-state index in [1.165, 1.54) is 20.5 Å². The number of hydroxylamine groups is 2. The van der Waals surface area contributed by atoms with E-state index in [0.717, 1.165) is 24.2 Å². The van der Waals surface area contributed by atoms with E-state index in [2.05, 4.69) is 4.98 Å². The molecule has 0 amide bonds. The molecule has 0 saturated carbocycles. The van der Waals surface area contributed by atoms with Gasteiger partial charge in [0.25, 0.3) is 5.56 Å². The number of aromatic nitrogens is 4. The third-order valence-corrected chi connectivity index (χ3v) is 5.47. The summed E-state index contributed by atoms with van der Waals surface area (Å²) in [6, 6.07) is 7.53. The summed E-state index contributed by atoms with van der Waals surface area (Å²) in [4.78, 5) is 29.4. The molecule has 162 valence electrons. The third-order valence-electron chi connectivity index (χ3n) is 5.47. The summed E-state index contributed by atoms with van der Waals surface area (Å²) in [7, 11) is 4.98. The molecular weight excluding hydrogens is 386 g/mol. The van der Waals surface area contributed by atoms with Crippen molar-refractivity contribution in [1.29, 1.82) is 0 Å². The second-order valence-electron chi connectivity index (χ2n) is 7.62. The van der Waals surface area contributed by atoms with Gasteiger partial charge in [0.05, 0.1) is 13.4 Å². The van der Waals surface area contributed by atoms with E-state index in [-0.39, 0.29) is 17.3 Å². The Bertz CT molecular complexity index is 1110. The number of ether oxygens (including phenoxy) is 1. The van der Waals surface area contributed by atoms with E-state index >= 15 is 0 Å². The highest BCUT2D eigenvalue weighted by molar-refractivity contribution is 5.69. The smallest absolute Gasteiger partial charge is 0.332 e. The zero-order valence-electron chi connectivity index (χ0n) is 17.9. The van der Waals surface area contributed by atoms with Gasteiger partial charge in [-0.05, 0) is 37.5 Å². The molecule has 0 bridgehead atoms. The van der Waals surface area contributed by atoms with Gasteiger partial charge in [-0.3, -0.25) is 13.9 Å². The number of hydrogen-bond acceptors (Lipinski definition) is 6. The van der Waals surface area contributed by atoms with Crippen molar-refractivity contribution in [2.24, 2.45) is 14.1 Å². The Morgan fingerprint density at radius 2 is 1.87 bits per heavy atom. The van der Waals surface area contributed by atoms with Crippen LogP contribution in [0.5, 0.6) is 5.75 Å². The summed E-state index contributed by atoms with van der Waals surface area (Å²) in [5.41, 5.74) is 1.13. The summed E-state index contributed by atoms with van der Waals surface area (Å²) < 4.78 is 9.45. The molecule has 3 aromatic rings. The maximum absolute atomic E-state index is 12.7. The number of methoxy groups -OCH3 is 1. The summed E-state index contributed by atoms with van der Waals surface area (Å²) in [5.74, 6) is 0.780. The van der Waals surface area contributed by atoms with Crippen LogP contribution in [0, 0.1) is 0 Å². The molecule has 9 heteroatoms. The maximum Gasteiger partial charge on any atom is 0.332 e. The fraction of sp³-hybridized carbons (Fsp3) is 0.476. The van der Waals surface area contributed by atoms with Gasteiger partial charge in [0, 0.05) is 33.2 Å². The van der Waals surface area contributed by atoms with Gasteiger partial charge in [0.2, 0.25) is 0 Å². The lowest BCUT2D eigenvalue weighted by Crippen LogP contribution is -2.39. The molecule has 2 heterocycles. The van der Waals surface area contributed by atoms with Crippen molar-refractivity contribution >= 4 is 11.2 Å². The van der Waals surface area contributed by atoms with Gasteiger partial charge in [-0.15, -0.1) is 0 Å². The summed E-state index contributed by atoms with van der Waals surface area (Å²) in [6.45, 7) is 2.71. The fourth-order valence-corrected chi connectivity index (χ4v) is 3.53. The van der Waals surface area contributed by atoms with Gasteiger partial charge in [-0.25, -0.2) is 9.78 Å². The zero-order valence-corrected chi connectivity index (χ0v) is 17.9. The predicted molar refractivity (Wildman–Crippen MR) is 114 cm³/mol. The number of unbranched alkanes of at least 4 members (excludes halogenated alkanes) is 1. The topological polar surface area (TPSA) is 94.5 Å². The normalized spacial score (nSPS) is 12.6. The average molecular weight is 415 g/mol. The van der Waals surface area contributed by atoms with Gasteiger partial charge in [0.15, 0.2) is 11.2 Å². The number of benzene rings is 1. The Morgan fingerprint density at radius 3 is 2.53 bits per heavy atom. The van der Waals surface area contributed by atoms with Crippen LogP contribution in [0.25, 0.3) is 11.2 Å². The van der Waals surface area contributed by atoms with Crippen LogP contribution in [0.15, 0.2) is 40.2 Å². The molecule has 1 unspecified atom stereocenters. The number of fused-ring (bicyclic) bond motifs is 1. The first-order chi connectivity index (χ1) is 14.3. The first-order valence-corrected chi connectivity index (χ1v) is 10.0. The van der Waals surface area contributed by atoms with Crippen molar-refractivity contribution in [3.63, 3.8) is 0 Å². The number of nitrogens with zero attached hydrogens (tertiary/aromatic N) is 5. The second kappa shape index (κ2) is 9.27. The molecule has 0 fully saturated rings. The fourth-order valence-electron chi connectivity index (χ4n) is 3.53. The van der Waals surface area contributed by atoms with Gasteiger partial charge in [-0.1, -0.05) is 18.6 Å². The van der Waals surface area contributed by atoms with E-state index in [9.17, 15) is 14.8 Å². The zero-order chi connectivity index (χ0) is 21.8. The highest BCUT2D eigenvalue weighted by atomic mass is 16.5. The van der Waals surface area contributed by atoms with Crippen molar-refractivity contribution in [3.8, 4) is 5.75 Å². The molecule has 1 N–H and O–H groups in total. The minimum Gasteiger partial charge on any atom is -0.497 e. The van der Waals surface area contributed by atoms with Crippen molar-refractivity contribution in [2.45, 2.75) is 45.3 Å². The van der Waals surface area contributed by atoms with Crippen LogP contribution in [0.2, 0.25) is 0 Å². The van der Waals surface area contributed by atoms with E-state index in [1.54, 1.807) is 25.8 Å². The molecule has 0 aliphatic rings. The summed E-state index contributed by atoms with van der Waals surface area (Å²) in [6.07, 6.45) is 3.73. The molecule has 30 heavy (non-hydrogen) atoms. The van der Waals surface area contributed by atoms with Crippen molar-refractivity contribution < 1.29 is 9.94 Å². The van der Waals surface area contributed by atoms with Crippen LogP contribution in [0.4, 0.5) is 0 Å². The molecule has 3 rings (SSSR count). The van der Waals surface area contributed by atoms with Crippen LogP contribution < -0.4 is 16.0 Å². The van der Waals surface area contributed by atoms with Crippen LogP contribution in [0.3, 0.4) is 0 Å². The highest BCUT2D eigenvalue weighted by Crippen LogP contribution is 2.15. The quantitative estimate of drug-likeness (QED) is 0.424. The van der Waals surface area contributed by atoms with Gasteiger partial charge >= 0.3 is 5.69 Å². The first kappa shape index (κ1) is 21.8. The number of imidazole rings is 1. The average Bonchev–Trinajstić information content (AvgIpc) is 3.13. The minimum absolute atomic E-state index is 0.0498. The predicted octanol–water partition coefficient (Wildman–Crippen LogP) is 1.89. The lowest BCUT2D eigenvalue weighted by Gasteiger charge is -2.22. The summed E-state index contributed by atoms with van der Waals surface area (Å²) in [5, 5.41) is 11.7. The molecule has 9 nitrogen and oxygen atoms in total. The third kappa shape index (κ3) is 4.47. The van der Waals surface area contributed by atoms with Crippen LogP contribution in [-0.4, -0.2) is 42.1 Å². The molecule has 0 aliphatic carbocycles. The van der Waals surface area contributed by atoms with Crippen LogP contribution >= 0.6 is 0 Å². The molecule has 0 spiro atoms. The minimum atomic E-state index is -0.359. The van der Waals surface area contributed by atoms with Crippen molar-refractivity contribution in [1.82, 2.24) is 23.7 Å². The molecule has 0 radical (unpaired) electrons. The van der Waals surface area contributed by atoms with E-state index < -0.39 is 0 Å². The summed E-state index contributed by atoms with van der Waals surface area (Å²) >= 11 is 0. The molecule has 0 aliphatic heterocycles. The van der Waals surface area contributed by atoms with Gasteiger partial charge < -0.3 is 14.5 Å². The Balaban J connectivity index is 1.56. The van der Waals surface area contributed by atoms with Crippen LogP contribution in [-0.2, 0) is 27.2 Å². The number of aryl methyl sites for hydroxylation is 2. The lowest BCUT2D eigenvalue weighted by atomic mass is 10.1. The molecule has 2 aromatic heterocycles. The molecular formula is C21H29N5O4. The highest BCUT2D eigenvalue weighted by Gasteiger charge is 2.15. The Labute approximate surface area is 174 Å². The van der Waals surface area contributed by atoms with Crippen LogP contribution in [0.1, 0.15) is 31.7 Å². The first-order valence-electron chi connectivity index (χ1n) is 10.0. The van der Waals surface area contributed by atoms with E-state index in [4.69, 9.17) is 4.74 Å². The molecule has 1 aromatic carbocycles. The SMILES string of the molecule is COc1ccc(CN(O)C(C)CCCCn2c(=O)c3c(ncn3C)n(C)c2=O)cc1. The maximum atomic E-state index is 12.7. The van der Waals surface area contributed by atoms with E-state index in [0.29, 0.717) is 30.7 Å². The monoisotopic (exact) mass is 415 g/mol. The second-order valence-corrected chi connectivity index (χ2v) is 7.62.